The highest BCUT2D eigenvalue weighted by Crippen LogP contribution is 2.23. The Morgan fingerprint density at radius 1 is 1.14 bits per heavy atom. The second-order valence-corrected chi connectivity index (χ2v) is 6.39. The highest BCUT2D eigenvalue weighted by atomic mass is 16.6. The molecule has 0 spiro atoms. The number of benzene rings is 2. The minimum atomic E-state index is -0.414. The number of nitrogens with zero attached hydrogens (tertiary/aromatic N) is 3. The van der Waals surface area contributed by atoms with Gasteiger partial charge in [-0.1, -0.05) is 36.4 Å². The van der Waals surface area contributed by atoms with Gasteiger partial charge in [0, 0.05) is 29.1 Å². The van der Waals surface area contributed by atoms with E-state index in [1.165, 1.54) is 12.1 Å². The van der Waals surface area contributed by atoms with Gasteiger partial charge in [0.15, 0.2) is 0 Å². The first-order chi connectivity index (χ1) is 13.5. The van der Waals surface area contributed by atoms with Crippen LogP contribution < -0.4 is 5.43 Å². The van der Waals surface area contributed by atoms with Gasteiger partial charge in [0.2, 0.25) is 5.91 Å². The Morgan fingerprint density at radius 3 is 2.61 bits per heavy atom. The average Bonchev–Trinajstić information content (AvgIpc) is 2.96. The summed E-state index contributed by atoms with van der Waals surface area (Å²) in [6, 6.07) is 17.8. The summed E-state index contributed by atoms with van der Waals surface area (Å²) in [5, 5.41) is 15.1. The van der Waals surface area contributed by atoms with E-state index in [-0.39, 0.29) is 18.0 Å². The van der Waals surface area contributed by atoms with E-state index >= 15 is 0 Å². The summed E-state index contributed by atoms with van der Waals surface area (Å²) in [6.07, 6.45) is 1.84. The number of non-ortho nitro benzene ring substituents is 1. The van der Waals surface area contributed by atoms with Crippen LogP contribution in [0.2, 0.25) is 0 Å². The lowest BCUT2D eigenvalue weighted by molar-refractivity contribution is -0.384. The number of rotatable bonds is 6. The summed E-state index contributed by atoms with van der Waals surface area (Å²) >= 11 is 0. The van der Waals surface area contributed by atoms with E-state index < -0.39 is 4.92 Å². The van der Waals surface area contributed by atoms with Crippen LogP contribution >= 0.6 is 0 Å². The number of hydrogen-bond donors (Lipinski definition) is 1. The van der Waals surface area contributed by atoms with Crippen molar-refractivity contribution in [1.29, 1.82) is 0 Å². The molecule has 3 rings (SSSR count). The maximum Gasteiger partial charge on any atom is 0.271 e. The van der Waals surface area contributed by atoms with Crippen molar-refractivity contribution >= 4 is 17.8 Å². The second kappa shape index (κ2) is 8.30. The quantitative estimate of drug-likeness (QED) is 0.404. The number of nitrogens with one attached hydrogen (secondary N) is 1. The van der Waals surface area contributed by atoms with Gasteiger partial charge in [0.25, 0.3) is 5.69 Å². The van der Waals surface area contributed by atoms with Gasteiger partial charge >= 0.3 is 0 Å². The third kappa shape index (κ3) is 4.32. The summed E-state index contributed by atoms with van der Waals surface area (Å²) in [5.41, 5.74) is 6.80. The number of hydrazone groups is 1. The molecule has 1 amide bonds. The maximum absolute atomic E-state index is 12.0. The zero-order valence-corrected chi connectivity index (χ0v) is 15.6. The molecule has 1 aromatic heterocycles. The Morgan fingerprint density at radius 2 is 1.89 bits per heavy atom. The molecule has 0 unspecified atom stereocenters. The van der Waals surface area contributed by atoms with Crippen molar-refractivity contribution < 1.29 is 9.72 Å². The fourth-order valence-corrected chi connectivity index (χ4v) is 3.06. The van der Waals surface area contributed by atoms with Crippen LogP contribution in [0.15, 0.2) is 65.8 Å². The first-order valence-electron chi connectivity index (χ1n) is 8.75. The van der Waals surface area contributed by atoms with Gasteiger partial charge in [-0.2, -0.15) is 5.10 Å². The number of nitro groups is 1. The Labute approximate surface area is 162 Å². The summed E-state index contributed by atoms with van der Waals surface area (Å²) < 4.78 is 1.92. The molecule has 1 heterocycles. The predicted octanol–water partition coefficient (Wildman–Crippen LogP) is 3.70. The molecule has 2 aromatic carbocycles. The van der Waals surface area contributed by atoms with Crippen LogP contribution in [0.25, 0.3) is 5.69 Å². The van der Waals surface area contributed by atoms with Crippen molar-refractivity contribution in [3.63, 3.8) is 0 Å². The molecular formula is C21H20N4O3. The maximum atomic E-state index is 12.0. The lowest BCUT2D eigenvalue weighted by atomic mass is 10.1. The third-order valence-corrected chi connectivity index (χ3v) is 4.37. The Balaban J connectivity index is 1.75. The molecule has 0 fully saturated rings. The monoisotopic (exact) mass is 376 g/mol. The average molecular weight is 376 g/mol. The molecule has 7 heteroatoms. The molecule has 3 aromatic rings. The first kappa shape index (κ1) is 19.0. The number of nitro benzene ring substituents is 1. The largest absolute Gasteiger partial charge is 0.318 e. The van der Waals surface area contributed by atoms with E-state index in [2.05, 4.69) is 10.5 Å². The normalized spacial score (nSPS) is 10.9. The van der Waals surface area contributed by atoms with Crippen LogP contribution in [-0.2, 0) is 11.2 Å². The van der Waals surface area contributed by atoms with E-state index in [9.17, 15) is 14.9 Å². The molecule has 0 aliphatic heterocycles. The zero-order valence-electron chi connectivity index (χ0n) is 15.6. The summed E-state index contributed by atoms with van der Waals surface area (Å²) in [7, 11) is 0. The molecule has 7 nitrogen and oxygen atoms in total. The van der Waals surface area contributed by atoms with Crippen molar-refractivity contribution in [3.05, 3.63) is 93.3 Å². The predicted molar refractivity (Wildman–Crippen MR) is 108 cm³/mol. The third-order valence-electron chi connectivity index (χ3n) is 4.37. The van der Waals surface area contributed by atoms with Gasteiger partial charge in [-0.15, -0.1) is 0 Å². The van der Waals surface area contributed by atoms with Crippen LogP contribution in [-0.4, -0.2) is 21.6 Å². The number of carbonyl (C=O) groups excluding carboxylic acids is 1. The first-order valence-corrected chi connectivity index (χ1v) is 8.75. The van der Waals surface area contributed by atoms with Gasteiger partial charge in [-0.3, -0.25) is 14.9 Å². The highest BCUT2D eigenvalue weighted by Gasteiger charge is 2.13. The minimum absolute atomic E-state index is 0.0355. The van der Waals surface area contributed by atoms with Crippen molar-refractivity contribution in [2.45, 2.75) is 20.3 Å². The van der Waals surface area contributed by atoms with E-state index in [0.717, 1.165) is 22.5 Å². The lowest BCUT2D eigenvalue weighted by Crippen LogP contribution is -2.19. The SMILES string of the molecule is Cc1cc(/C=N\NC(=O)Cc2ccccc2)c(C)n1-c1cccc([N+](=O)[O-])c1. The van der Waals surface area contributed by atoms with Gasteiger partial charge in [-0.05, 0) is 31.5 Å². The molecule has 0 atom stereocenters. The zero-order chi connectivity index (χ0) is 20.1. The van der Waals surface area contributed by atoms with E-state index in [1.54, 1.807) is 12.3 Å². The van der Waals surface area contributed by atoms with Crippen molar-refractivity contribution in [2.75, 3.05) is 0 Å². The molecule has 0 aliphatic carbocycles. The van der Waals surface area contributed by atoms with E-state index in [0.29, 0.717) is 5.69 Å². The van der Waals surface area contributed by atoms with Crippen LogP contribution in [0.3, 0.4) is 0 Å². The number of aromatic nitrogens is 1. The molecule has 0 aliphatic rings. The number of amides is 1. The Kier molecular flexibility index (Phi) is 5.64. The molecular weight excluding hydrogens is 356 g/mol. The van der Waals surface area contributed by atoms with Crippen LogP contribution in [0.1, 0.15) is 22.5 Å². The fraction of sp³-hybridized carbons (Fsp3) is 0.143. The molecule has 1 N–H and O–H groups in total. The van der Waals surface area contributed by atoms with Crippen molar-refractivity contribution in [3.8, 4) is 5.69 Å². The van der Waals surface area contributed by atoms with Gasteiger partial charge < -0.3 is 4.57 Å². The molecule has 0 bridgehead atoms. The minimum Gasteiger partial charge on any atom is -0.318 e. The summed E-state index contributed by atoms with van der Waals surface area (Å²) in [6.45, 7) is 3.82. The van der Waals surface area contributed by atoms with E-state index in [1.807, 2.05) is 60.9 Å². The standard InChI is InChI=1S/C21H20N4O3/c1-15-11-18(14-22-23-21(26)12-17-7-4-3-5-8-17)16(2)24(15)19-9-6-10-20(13-19)25(27)28/h3-11,13-14H,12H2,1-2H3,(H,23,26)/b22-14-. The van der Waals surface area contributed by atoms with Gasteiger partial charge in [0.05, 0.1) is 23.2 Å². The van der Waals surface area contributed by atoms with Gasteiger partial charge in [0.1, 0.15) is 0 Å². The van der Waals surface area contributed by atoms with Gasteiger partial charge in [-0.25, -0.2) is 5.43 Å². The van der Waals surface area contributed by atoms with E-state index in [4.69, 9.17) is 0 Å². The Hall–Kier alpha value is -3.74. The molecule has 0 radical (unpaired) electrons. The fourth-order valence-electron chi connectivity index (χ4n) is 3.06. The van der Waals surface area contributed by atoms with Crippen LogP contribution in [0, 0.1) is 24.0 Å². The molecule has 0 saturated heterocycles. The molecule has 28 heavy (non-hydrogen) atoms. The van der Waals surface area contributed by atoms with Crippen LogP contribution in [0.4, 0.5) is 5.69 Å². The summed E-state index contributed by atoms with van der Waals surface area (Å²) in [4.78, 5) is 22.6. The molecule has 0 saturated carbocycles. The Bertz CT molecular complexity index is 1040. The second-order valence-electron chi connectivity index (χ2n) is 6.39. The smallest absolute Gasteiger partial charge is 0.271 e. The number of carbonyl (C=O) groups is 1. The molecule has 142 valence electrons. The highest BCUT2D eigenvalue weighted by molar-refractivity contribution is 5.84. The topological polar surface area (TPSA) is 89.5 Å². The lowest BCUT2D eigenvalue weighted by Gasteiger charge is -2.09. The van der Waals surface area contributed by atoms with Crippen LogP contribution in [0.5, 0.6) is 0 Å². The van der Waals surface area contributed by atoms with Crippen molar-refractivity contribution in [2.24, 2.45) is 5.10 Å². The summed E-state index contributed by atoms with van der Waals surface area (Å²) in [5.74, 6) is -0.199. The number of aryl methyl sites for hydroxylation is 1. The number of hydrogen-bond acceptors (Lipinski definition) is 4. The van der Waals surface area contributed by atoms with Crippen molar-refractivity contribution in [1.82, 2.24) is 9.99 Å².